The van der Waals surface area contributed by atoms with Crippen LogP contribution < -0.4 is 5.73 Å². The first-order valence-corrected chi connectivity index (χ1v) is 3.03. The van der Waals surface area contributed by atoms with Crippen molar-refractivity contribution < 1.29 is 4.79 Å². The van der Waals surface area contributed by atoms with Crippen molar-refractivity contribution in [3.8, 4) is 0 Å². The maximum Gasteiger partial charge on any atom is 0.150 e. The first-order chi connectivity index (χ1) is 4.11. The highest BCUT2D eigenvalue weighted by Crippen LogP contribution is 2.42. The molecule has 50 valence electrons. The summed E-state index contributed by atoms with van der Waals surface area (Å²) in [4.78, 5) is 10.7. The zero-order chi connectivity index (χ0) is 7.07. The Labute approximate surface area is 54.7 Å². The minimum absolute atomic E-state index is 0.0763. The lowest BCUT2D eigenvalue weighted by Crippen LogP contribution is -2.32. The third-order valence-electron chi connectivity index (χ3n) is 2.00. The zero-order valence-electron chi connectivity index (χ0n) is 5.55. The Balaban J connectivity index is 2.62. The number of carbonyl (C=O) groups excluding carboxylic acids is 1. The average Bonchev–Trinajstić information content (AvgIpc) is 2.44. The minimum Gasteiger partial charge on any atom is -0.318 e. The van der Waals surface area contributed by atoms with E-state index in [9.17, 15) is 4.79 Å². The van der Waals surface area contributed by atoms with Gasteiger partial charge in [-0.3, -0.25) is 4.79 Å². The molecule has 2 nitrogen and oxygen atoms in total. The summed E-state index contributed by atoms with van der Waals surface area (Å²) in [5.74, 6) is 0.308. The molecular formula is C7H11NO. The van der Waals surface area contributed by atoms with Crippen LogP contribution in [0.2, 0.25) is 0 Å². The Morgan fingerprint density at radius 1 is 2.00 bits per heavy atom. The Hall–Kier alpha value is -0.630. The molecule has 0 saturated heterocycles. The Morgan fingerprint density at radius 3 is 2.67 bits per heavy atom. The highest BCUT2D eigenvalue weighted by molar-refractivity contribution is 5.90. The van der Waals surface area contributed by atoms with Crippen LogP contribution in [0.1, 0.15) is 13.3 Å². The molecule has 1 aliphatic rings. The summed E-state index contributed by atoms with van der Waals surface area (Å²) in [6.45, 7) is 5.10. The number of carbonyl (C=O) groups is 1. The quantitative estimate of drug-likeness (QED) is 0.545. The molecule has 0 aromatic rings. The zero-order valence-corrected chi connectivity index (χ0v) is 5.55. The SMILES string of the molecule is C=CC1C[C@]1(N)C(C)=O. The molecular weight excluding hydrogens is 114 g/mol. The summed E-state index contributed by atoms with van der Waals surface area (Å²) in [7, 11) is 0. The lowest BCUT2D eigenvalue weighted by atomic mass is 10.1. The smallest absolute Gasteiger partial charge is 0.150 e. The van der Waals surface area contributed by atoms with Gasteiger partial charge in [-0.1, -0.05) is 6.08 Å². The van der Waals surface area contributed by atoms with E-state index in [4.69, 9.17) is 5.73 Å². The van der Waals surface area contributed by atoms with Gasteiger partial charge in [-0.25, -0.2) is 0 Å². The number of nitrogens with two attached hydrogens (primary N) is 1. The van der Waals surface area contributed by atoms with Crippen LogP contribution in [0.3, 0.4) is 0 Å². The van der Waals surface area contributed by atoms with Crippen LogP contribution in [0.15, 0.2) is 12.7 Å². The molecule has 0 aromatic carbocycles. The summed E-state index contributed by atoms with van der Waals surface area (Å²) in [5.41, 5.74) is 5.08. The fourth-order valence-electron chi connectivity index (χ4n) is 1.00. The van der Waals surface area contributed by atoms with E-state index < -0.39 is 5.54 Å². The molecule has 0 aliphatic heterocycles. The van der Waals surface area contributed by atoms with Crippen LogP contribution >= 0.6 is 0 Å². The van der Waals surface area contributed by atoms with Crippen LogP contribution in [0.4, 0.5) is 0 Å². The van der Waals surface area contributed by atoms with E-state index in [1.165, 1.54) is 6.92 Å². The van der Waals surface area contributed by atoms with E-state index in [1.54, 1.807) is 6.08 Å². The lowest BCUT2D eigenvalue weighted by Gasteiger charge is -2.01. The molecule has 0 amide bonds. The van der Waals surface area contributed by atoms with Gasteiger partial charge in [0.15, 0.2) is 0 Å². The van der Waals surface area contributed by atoms with Gasteiger partial charge in [0, 0.05) is 5.92 Å². The van der Waals surface area contributed by atoms with E-state index in [0.717, 1.165) is 6.42 Å². The normalized spacial score (nSPS) is 40.0. The van der Waals surface area contributed by atoms with Crippen molar-refractivity contribution >= 4 is 5.78 Å². The largest absolute Gasteiger partial charge is 0.318 e. The van der Waals surface area contributed by atoms with E-state index in [-0.39, 0.29) is 11.7 Å². The van der Waals surface area contributed by atoms with E-state index in [1.807, 2.05) is 0 Å². The monoisotopic (exact) mass is 125 g/mol. The predicted molar refractivity (Wildman–Crippen MR) is 35.9 cm³/mol. The third kappa shape index (κ3) is 0.793. The van der Waals surface area contributed by atoms with E-state index in [0.29, 0.717) is 0 Å². The van der Waals surface area contributed by atoms with Crippen molar-refractivity contribution in [2.24, 2.45) is 11.7 Å². The first kappa shape index (κ1) is 6.49. The van der Waals surface area contributed by atoms with Gasteiger partial charge >= 0.3 is 0 Å². The Bertz CT molecular complexity index is 164. The van der Waals surface area contributed by atoms with Crippen molar-refractivity contribution in [1.82, 2.24) is 0 Å². The molecule has 1 fully saturated rings. The number of hydrogen-bond acceptors (Lipinski definition) is 2. The molecule has 1 aliphatic carbocycles. The maximum atomic E-state index is 10.7. The minimum atomic E-state index is -0.540. The van der Waals surface area contributed by atoms with Crippen molar-refractivity contribution in [2.75, 3.05) is 0 Å². The molecule has 2 heteroatoms. The van der Waals surface area contributed by atoms with Gasteiger partial charge in [0.25, 0.3) is 0 Å². The van der Waals surface area contributed by atoms with Crippen LogP contribution in [0.5, 0.6) is 0 Å². The van der Waals surface area contributed by atoms with Gasteiger partial charge in [0.1, 0.15) is 5.78 Å². The molecule has 0 bridgehead atoms. The number of rotatable bonds is 2. The topological polar surface area (TPSA) is 43.1 Å². The molecule has 0 aromatic heterocycles. The van der Waals surface area contributed by atoms with Crippen LogP contribution in [-0.2, 0) is 4.79 Å². The second-order valence-corrected chi connectivity index (χ2v) is 2.64. The maximum absolute atomic E-state index is 10.7. The van der Waals surface area contributed by atoms with Gasteiger partial charge < -0.3 is 5.73 Å². The van der Waals surface area contributed by atoms with Crippen molar-refractivity contribution in [3.63, 3.8) is 0 Å². The predicted octanol–water partition coefficient (Wildman–Crippen LogP) is 0.479. The molecule has 0 radical (unpaired) electrons. The number of ketones is 1. The van der Waals surface area contributed by atoms with Crippen molar-refractivity contribution in [1.29, 1.82) is 0 Å². The summed E-state index contributed by atoms with van der Waals surface area (Å²) in [6, 6.07) is 0. The Morgan fingerprint density at radius 2 is 2.56 bits per heavy atom. The summed E-state index contributed by atoms with van der Waals surface area (Å²) in [6.07, 6.45) is 2.53. The van der Waals surface area contributed by atoms with Crippen LogP contribution in [-0.4, -0.2) is 11.3 Å². The second-order valence-electron chi connectivity index (χ2n) is 2.64. The summed E-state index contributed by atoms with van der Waals surface area (Å²) < 4.78 is 0. The van der Waals surface area contributed by atoms with Crippen LogP contribution in [0.25, 0.3) is 0 Å². The van der Waals surface area contributed by atoms with Gasteiger partial charge in [0.2, 0.25) is 0 Å². The van der Waals surface area contributed by atoms with Gasteiger partial charge in [-0.05, 0) is 13.3 Å². The van der Waals surface area contributed by atoms with Crippen LogP contribution in [0, 0.1) is 5.92 Å². The number of Topliss-reactive ketones (excluding diaryl/α,β-unsaturated/α-hetero) is 1. The van der Waals surface area contributed by atoms with Gasteiger partial charge in [-0.15, -0.1) is 6.58 Å². The first-order valence-electron chi connectivity index (χ1n) is 3.03. The summed E-state index contributed by atoms with van der Waals surface area (Å²) >= 11 is 0. The van der Waals surface area contributed by atoms with Crippen molar-refractivity contribution in [2.45, 2.75) is 18.9 Å². The highest BCUT2D eigenvalue weighted by atomic mass is 16.1. The molecule has 0 spiro atoms. The summed E-state index contributed by atoms with van der Waals surface area (Å²) in [5, 5.41) is 0. The molecule has 1 unspecified atom stereocenters. The Kier molecular flexibility index (Phi) is 1.21. The molecule has 1 rings (SSSR count). The molecule has 0 heterocycles. The van der Waals surface area contributed by atoms with E-state index >= 15 is 0 Å². The fourth-order valence-corrected chi connectivity index (χ4v) is 1.00. The molecule has 1 saturated carbocycles. The second kappa shape index (κ2) is 1.67. The fraction of sp³-hybridized carbons (Fsp3) is 0.571. The molecule has 9 heavy (non-hydrogen) atoms. The van der Waals surface area contributed by atoms with Gasteiger partial charge in [-0.2, -0.15) is 0 Å². The molecule has 2 N–H and O–H groups in total. The molecule has 2 atom stereocenters. The third-order valence-corrected chi connectivity index (χ3v) is 2.00. The standard InChI is InChI=1S/C7H11NO/c1-3-6-4-7(6,8)5(2)9/h3,6H,1,4,8H2,2H3/t6?,7-/m0/s1. The van der Waals surface area contributed by atoms with Crippen molar-refractivity contribution in [3.05, 3.63) is 12.7 Å². The average molecular weight is 125 g/mol. The highest BCUT2D eigenvalue weighted by Gasteiger charge is 2.52. The van der Waals surface area contributed by atoms with Gasteiger partial charge in [0.05, 0.1) is 5.54 Å². The van der Waals surface area contributed by atoms with E-state index in [2.05, 4.69) is 6.58 Å². The number of hydrogen-bond donors (Lipinski definition) is 1. The lowest BCUT2D eigenvalue weighted by molar-refractivity contribution is -0.119.